The highest BCUT2D eigenvalue weighted by Crippen LogP contribution is 2.28. The number of hydrogen-bond acceptors (Lipinski definition) is 17. The topological polar surface area (TPSA) is 275 Å². The lowest BCUT2D eigenvalue weighted by molar-refractivity contribution is -0.385. The van der Waals surface area contributed by atoms with Crippen LogP contribution in [0.2, 0.25) is 0 Å². The number of nitrogens with two attached hydrogens (primary N) is 1. The van der Waals surface area contributed by atoms with Gasteiger partial charge >= 0.3 is 12.2 Å². The number of benzene rings is 4. The summed E-state index contributed by atoms with van der Waals surface area (Å²) in [5, 5.41) is 44.0. The Morgan fingerprint density at radius 1 is 0.823 bits per heavy atom. The zero-order chi connectivity index (χ0) is 45.4. The number of carbonyl (C=O) groups excluding carboxylic acids is 2. The van der Waals surface area contributed by atoms with Crippen LogP contribution >= 0.6 is 23.8 Å². The van der Waals surface area contributed by atoms with Crippen LogP contribution in [0.25, 0.3) is 33.2 Å². The van der Waals surface area contributed by atoms with Crippen LogP contribution in [-0.2, 0) is 9.47 Å². The molecule has 0 fully saturated rings. The lowest BCUT2D eigenvalue weighted by atomic mass is 10.2. The van der Waals surface area contributed by atoms with Crippen molar-refractivity contribution in [2.75, 3.05) is 5.32 Å². The molecule has 0 bridgehead atoms. The fourth-order valence-electron chi connectivity index (χ4n) is 5.22. The number of nitro benzene ring substituents is 2. The molecular weight excluding hydrogens is 841 g/mol. The predicted octanol–water partition coefficient (Wildman–Crippen LogP) is 9.42. The Morgan fingerprint density at radius 2 is 1.37 bits per heavy atom. The average Bonchev–Trinajstić information content (AvgIpc) is 3.96. The van der Waals surface area contributed by atoms with E-state index in [1.54, 1.807) is 81.7 Å². The van der Waals surface area contributed by atoms with Crippen LogP contribution in [0.4, 0.5) is 37.5 Å². The normalized spacial score (nSPS) is 10.9. The summed E-state index contributed by atoms with van der Waals surface area (Å²) in [6.07, 6.45) is 2.11. The predicted molar refractivity (Wildman–Crippen MR) is 237 cm³/mol. The minimum atomic E-state index is -0.619. The van der Waals surface area contributed by atoms with Crippen LogP contribution in [0, 0.1) is 25.6 Å². The van der Waals surface area contributed by atoms with Gasteiger partial charge in [-0.05, 0) is 90.2 Å². The van der Waals surface area contributed by atoms with Gasteiger partial charge in [0.25, 0.3) is 11.4 Å². The van der Waals surface area contributed by atoms with Gasteiger partial charge in [0.2, 0.25) is 5.13 Å². The Morgan fingerprint density at radius 3 is 1.92 bits per heavy atom. The first-order valence-electron chi connectivity index (χ1n) is 18.2. The number of nitrogen functional groups attached to an aromatic ring is 1. The number of rotatable bonds is 7. The summed E-state index contributed by atoms with van der Waals surface area (Å²) in [5.41, 5.74) is 7.51. The molecule has 7 aromatic rings. The number of amidine groups is 1. The number of thiocarbonyl (C=S) groups is 1. The van der Waals surface area contributed by atoms with E-state index in [0.29, 0.717) is 38.8 Å². The molecule has 20 nitrogen and oxygen atoms in total. The van der Waals surface area contributed by atoms with E-state index in [9.17, 15) is 29.8 Å². The van der Waals surface area contributed by atoms with E-state index in [0.717, 1.165) is 28.0 Å². The summed E-state index contributed by atoms with van der Waals surface area (Å²) in [6, 6.07) is 22.5. The van der Waals surface area contributed by atoms with Crippen molar-refractivity contribution >= 4 is 96.6 Å². The lowest BCUT2D eigenvalue weighted by Crippen LogP contribution is -2.27. The molecule has 22 heteroatoms. The third kappa shape index (κ3) is 12.1. The number of nitro groups is 2. The molecule has 318 valence electrons. The number of fused-ring (bicyclic) bond motifs is 2. The molecule has 3 aromatic heterocycles. The summed E-state index contributed by atoms with van der Waals surface area (Å²) in [7, 11) is 0. The lowest BCUT2D eigenvalue weighted by Gasteiger charge is -2.19. The molecule has 0 unspecified atom stereocenters. The van der Waals surface area contributed by atoms with Crippen LogP contribution in [0.3, 0.4) is 0 Å². The van der Waals surface area contributed by atoms with Crippen molar-refractivity contribution in [2.45, 2.75) is 52.7 Å². The molecule has 0 aliphatic rings. The fraction of sp³-hybridized carbons (Fsp3) is 0.200. The van der Waals surface area contributed by atoms with Crippen LogP contribution in [0.15, 0.2) is 102 Å². The largest absolute Gasteiger partial charge is 0.442 e. The number of aromatic nitrogens is 6. The van der Waals surface area contributed by atoms with Gasteiger partial charge in [-0.25, -0.2) is 9.59 Å². The van der Waals surface area contributed by atoms with Crippen molar-refractivity contribution in [1.82, 2.24) is 28.9 Å². The van der Waals surface area contributed by atoms with Crippen LogP contribution in [0.5, 0.6) is 0 Å². The zero-order valence-electron chi connectivity index (χ0n) is 33.9. The number of carbonyl (C=O) groups is 2. The minimum absolute atomic E-state index is 0.0192. The smallest absolute Gasteiger partial charge is 0.435 e. The molecule has 4 aromatic carbocycles. The maximum atomic E-state index is 12.3. The second-order valence-corrected chi connectivity index (χ2v) is 15.8. The summed E-state index contributed by atoms with van der Waals surface area (Å²) >= 11 is 5.69. The molecule has 4 N–H and O–H groups in total. The van der Waals surface area contributed by atoms with Crippen LogP contribution in [-0.4, -0.2) is 73.2 Å². The first-order valence-corrected chi connectivity index (χ1v) is 19.3. The summed E-state index contributed by atoms with van der Waals surface area (Å²) in [4.78, 5) is 52.8. The van der Waals surface area contributed by atoms with Crippen LogP contribution < -0.4 is 11.1 Å². The molecule has 7 rings (SSSR count). The molecule has 0 amide bonds. The summed E-state index contributed by atoms with van der Waals surface area (Å²) < 4.78 is 17.4. The quantitative estimate of drug-likeness (QED) is 0.0442. The Labute approximate surface area is 362 Å². The van der Waals surface area contributed by atoms with Gasteiger partial charge in [-0.2, -0.15) is 33.9 Å². The molecule has 0 saturated heterocycles. The summed E-state index contributed by atoms with van der Waals surface area (Å²) in [6.45, 7) is 10.8. The highest BCUT2D eigenvalue weighted by atomic mass is 32.1. The monoisotopic (exact) mass is 878 g/mol. The van der Waals surface area contributed by atoms with Crippen molar-refractivity contribution in [3.8, 4) is 11.4 Å². The van der Waals surface area contributed by atoms with E-state index in [2.05, 4.69) is 47.2 Å². The number of isothiocyanates is 1. The number of anilines is 2. The Kier molecular flexibility index (Phi) is 13.9. The second kappa shape index (κ2) is 19.1. The summed E-state index contributed by atoms with van der Waals surface area (Å²) in [5.74, 6) is 0.230. The molecular formula is C40H38N12O8S2. The molecule has 0 aliphatic carbocycles. The number of aliphatic imine (C=N–C) groups is 1. The number of hydrogen-bond donors (Lipinski definition) is 3. The van der Waals surface area contributed by atoms with E-state index in [1.165, 1.54) is 39.7 Å². The number of nitrogens with one attached hydrogen (secondary N) is 2. The van der Waals surface area contributed by atoms with Crippen molar-refractivity contribution in [2.24, 2.45) is 10.7 Å². The van der Waals surface area contributed by atoms with Crippen molar-refractivity contribution in [3.05, 3.63) is 123 Å². The Hall–Kier alpha value is -7.81. The maximum Gasteiger partial charge on any atom is 0.435 e. The Balaban J connectivity index is 0.000000198. The van der Waals surface area contributed by atoms with E-state index < -0.39 is 33.2 Å². The van der Waals surface area contributed by atoms with E-state index in [1.807, 2.05) is 26.8 Å². The first-order chi connectivity index (χ1) is 29.2. The standard InChI is InChI=1S/C20H18N6O4S.C13H13N3O2S.C7H7N3O2/c1-20(2,3)30-19(27)25-16-8-7-14(9-13(16)11-21-25)22-18-23-17(24-31-18)12-5-4-6-15(10-12)26(28)29;1-13(2,3)18-12(17)16-11-5-4-10(14-8-19)6-9(11)7-15-16;8-7(9)5-2-1-3-6(4-5)10(11)12/h4-11H,1-3H3,(H,22,23,24);4-7H,1-3H3;1-4H,(H3,8,9). The van der Waals surface area contributed by atoms with Gasteiger partial charge in [0.1, 0.15) is 17.0 Å². The van der Waals surface area contributed by atoms with E-state index >= 15 is 0 Å². The highest BCUT2D eigenvalue weighted by Gasteiger charge is 2.22. The van der Waals surface area contributed by atoms with E-state index in [-0.39, 0.29) is 17.2 Å². The number of nitrogens with zero attached hydrogens (tertiary/aromatic N) is 9. The SMILES string of the molecule is CC(C)(C)OC(=O)n1ncc2cc(N=C=S)ccc21.CC(C)(C)OC(=O)n1ncc2cc(Nc3nc(-c4cccc([N+](=O)[O-])c4)ns3)ccc21.N=C(N)c1cccc([N+](=O)[O-])c1. The first kappa shape index (κ1) is 45.3. The zero-order valence-corrected chi connectivity index (χ0v) is 35.6. The van der Waals surface area contributed by atoms with Crippen molar-refractivity contribution in [1.29, 1.82) is 5.41 Å². The number of non-ortho nitro benzene ring substituents is 2. The molecule has 0 saturated carbocycles. The van der Waals surface area contributed by atoms with Crippen molar-refractivity contribution < 1.29 is 28.9 Å². The fourth-order valence-corrected chi connectivity index (χ4v) is 5.93. The van der Waals surface area contributed by atoms with Gasteiger partial charge in [-0.3, -0.25) is 25.6 Å². The third-order valence-electron chi connectivity index (χ3n) is 7.79. The number of ether oxygens (including phenoxy) is 2. The molecule has 0 atom stereocenters. The van der Waals surface area contributed by atoms with Gasteiger partial charge in [0, 0.05) is 63.4 Å². The van der Waals surface area contributed by atoms with Gasteiger partial charge in [-0.1, -0.05) is 24.3 Å². The van der Waals surface area contributed by atoms with Gasteiger partial charge in [-0.15, -0.1) is 0 Å². The van der Waals surface area contributed by atoms with E-state index in [4.69, 9.17) is 20.6 Å². The molecule has 0 radical (unpaired) electrons. The van der Waals surface area contributed by atoms with Crippen LogP contribution in [0.1, 0.15) is 47.1 Å². The van der Waals surface area contributed by atoms with Gasteiger partial charge in [0.15, 0.2) is 5.82 Å². The molecule has 0 spiro atoms. The Bertz CT molecular complexity index is 2840. The minimum Gasteiger partial charge on any atom is -0.442 e. The third-order valence-corrected chi connectivity index (χ3v) is 8.51. The molecule has 0 aliphatic heterocycles. The molecule has 62 heavy (non-hydrogen) atoms. The van der Waals surface area contributed by atoms with Crippen molar-refractivity contribution in [3.63, 3.8) is 0 Å². The van der Waals surface area contributed by atoms with Gasteiger partial charge in [0.05, 0.1) is 44.1 Å². The second-order valence-electron chi connectivity index (χ2n) is 14.9. The van der Waals surface area contributed by atoms with Gasteiger partial charge < -0.3 is 20.5 Å². The molecule has 3 heterocycles. The maximum absolute atomic E-state index is 12.3. The highest BCUT2D eigenvalue weighted by molar-refractivity contribution is 7.78. The average molecular weight is 879 g/mol.